The van der Waals surface area contributed by atoms with Crippen LogP contribution < -0.4 is 19.6 Å². The Morgan fingerprint density at radius 2 is 1.68 bits per heavy atom. The molecule has 0 spiro atoms. The fraction of sp³-hybridized carbons (Fsp3) is 0.273. The molecule has 0 aromatic heterocycles. The SMILES string of the molecule is CCOc1cc(C(=O)NN=CC=Cc2ccccc2[N+](=O)[O-])cc(OCC)c1OCC. The molecule has 0 atom stereocenters. The lowest BCUT2D eigenvalue weighted by Gasteiger charge is -2.16. The first-order valence-corrected chi connectivity index (χ1v) is 9.81. The molecule has 2 aromatic carbocycles. The zero-order valence-corrected chi connectivity index (χ0v) is 17.7. The van der Waals surface area contributed by atoms with Crippen LogP contribution in [0.25, 0.3) is 6.08 Å². The van der Waals surface area contributed by atoms with Crippen LogP contribution >= 0.6 is 0 Å². The van der Waals surface area contributed by atoms with E-state index in [1.807, 2.05) is 20.8 Å². The van der Waals surface area contributed by atoms with Gasteiger partial charge in [0.15, 0.2) is 11.5 Å². The van der Waals surface area contributed by atoms with Crippen molar-refractivity contribution in [2.75, 3.05) is 19.8 Å². The number of rotatable bonds is 11. The Hall–Kier alpha value is -3.88. The van der Waals surface area contributed by atoms with Crippen molar-refractivity contribution in [3.05, 3.63) is 63.7 Å². The van der Waals surface area contributed by atoms with Gasteiger partial charge >= 0.3 is 0 Å². The van der Waals surface area contributed by atoms with E-state index in [1.165, 1.54) is 24.4 Å². The summed E-state index contributed by atoms with van der Waals surface area (Å²) in [6, 6.07) is 9.44. The van der Waals surface area contributed by atoms with Gasteiger partial charge in [-0.1, -0.05) is 12.1 Å². The summed E-state index contributed by atoms with van der Waals surface area (Å²) in [7, 11) is 0. The number of carbonyl (C=O) groups excluding carboxylic acids is 1. The normalized spacial score (nSPS) is 10.9. The first-order valence-electron chi connectivity index (χ1n) is 9.81. The average Bonchev–Trinajstić information content (AvgIpc) is 2.76. The molecule has 0 heterocycles. The molecular weight excluding hydrogens is 402 g/mol. The Labute approximate surface area is 180 Å². The second-order valence-electron chi connectivity index (χ2n) is 5.99. The van der Waals surface area contributed by atoms with E-state index in [-0.39, 0.29) is 11.3 Å². The summed E-state index contributed by atoms with van der Waals surface area (Å²) >= 11 is 0. The molecule has 0 aliphatic carbocycles. The van der Waals surface area contributed by atoms with E-state index in [2.05, 4.69) is 10.5 Å². The Morgan fingerprint density at radius 3 is 2.26 bits per heavy atom. The molecule has 31 heavy (non-hydrogen) atoms. The number of nitrogens with zero attached hydrogens (tertiary/aromatic N) is 2. The number of benzene rings is 2. The zero-order chi connectivity index (χ0) is 22.6. The van der Waals surface area contributed by atoms with Gasteiger partial charge in [-0.25, -0.2) is 5.43 Å². The lowest BCUT2D eigenvalue weighted by molar-refractivity contribution is -0.385. The maximum absolute atomic E-state index is 12.5. The van der Waals surface area contributed by atoms with Gasteiger partial charge in [0.1, 0.15) is 0 Å². The van der Waals surface area contributed by atoms with Crippen molar-refractivity contribution in [2.24, 2.45) is 5.10 Å². The van der Waals surface area contributed by atoms with E-state index in [0.29, 0.717) is 42.6 Å². The van der Waals surface area contributed by atoms with Gasteiger partial charge in [-0.3, -0.25) is 14.9 Å². The molecule has 2 aromatic rings. The first-order chi connectivity index (χ1) is 15.0. The molecule has 1 amide bonds. The largest absolute Gasteiger partial charge is 0.490 e. The average molecular weight is 427 g/mol. The molecule has 0 aliphatic rings. The van der Waals surface area contributed by atoms with Crippen molar-refractivity contribution in [1.82, 2.24) is 5.43 Å². The Bertz CT molecular complexity index is 944. The van der Waals surface area contributed by atoms with E-state index >= 15 is 0 Å². The minimum absolute atomic E-state index is 0.0162. The summed E-state index contributed by atoms with van der Waals surface area (Å²) in [5.41, 5.74) is 3.11. The topological polar surface area (TPSA) is 112 Å². The molecule has 0 bridgehead atoms. The number of para-hydroxylation sites is 1. The first kappa shape index (κ1) is 23.4. The second-order valence-corrected chi connectivity index (χ2v) is 5.99. The predicted molar refractivity (Wildman–Crippen MR) is 118 cm³/mol. The number of nitro benzene ring substituents is 1. The van der Waals surface area contributed by atoms with Gasteiger partial charge in [0.25, 0.3) is 11.6 Å². The van der Waals surface area contributed by atoms with Crippen LogP contribution in [0.5, 0.6) is 17.2 Å². The molecule has 2 rings (SSSR count). The lowest BCUT2D eigenvalue weighted by atomic mass is 10.1. The quantitative estimate of drug-likeness (QED) is 0.326. The molecule has 9 nitrogen and oxygen atoms in total. The second kappa shape index (κ2) is 12.0. The maximum atomic E-state index is 12.5. The number of hydrogen-bond acceptors (Lipinski definition) is 7. The van der Waals surface area contributed by atoms with Gasteiger partial charge in [-0.2, -0.15) is 5.10 Å². The third-order valence-corrected chi connectivity index (χ3v) is 3.91. The number of ether oxygens (including phenoxy) is 3. The third kappa shape index (κ3) is 6.56. The van der Waals surface area contributed by atoms with E-state index < -0.39 is 10.8 Å². The van der Waals surface area contributed by atoms with E-state index in [9.17, 15) is 14.9 Å². The highest BCUT2D eigenvalue weighted by molar-refractivity contribution is 5.96. The van der Waals surface area contributed by atoms with Crippen molar-refractivity contribution in [2.45, 2.75) is 20.8 Å². The molecule has 0 saturated carbocycles. The van der Waals surface area contributed by atoms with Gasteiger partial charge in [0.2, 0.25) is 5.75 Å². The van der Waals surface area contributed by atoms with Crippen LogP contribution in [0.2, 0.25) is 0 Å². The summed E-state index contributed by atoms with van der Waals surface area (Å²) in [5.74, 6) is 0.778. The van der Waals surface area contributed by atoms with Crippen molar-refractivity contribution in [1.29, 1.82) is 0 Å². The predicted octanol–water partition coefficient (Wildman–Crippen LogP) is 4.22. The summed E-state index contributed by atoms with van der Waals surface area (Å²) in [5, 5.41) is 14.9. The number of carbonyl (C=O) groups is 1. The summed E-state index contributed by atoms with van der Waals surface area (Å²) in [6.45, 7) is 6.71. The van der Waals surface area contributed by atoms with E-state index in [4.69, 9.17) is 14.2 Å². The summed E-state index contributed by atoms with van der Waals surface area (Å²) < 4.78 is 16.8. The molecule has 164 valence electrons. The van der Waals surface area contributed by atoms with Crippen LogP contribution in [-0.2, 0) is 0 Å². The van der Waals surface area contributed by atoms with Gasteiger partial charge in [0.05, 0.1) is 30.3 Å². The minimum Gasteiger partial charge on any atom is -0.490 e. The van der Waals surface area contributed by atoms with Crippen molar-refractivity contribution >= 4 is 23.9 Å². The number of nitrogens with one attached hydrogen (secondary N) is 1. The van der Waals surface area contributed by atoms with Gasteiger partial charge in [-0.05, 0) is 51.1 Å². The molecule has 1 N–H and O–H groups in total. The zero-order valence-electron chi connectivity index (χ0n) is 17.7. The number of amides is 1. The van der Waals surface area contributed by atoms with Crippen LogP contribution in [0.3, 0.4) is 0 Å². The van der Waals surface area contributed by atoms with Crippen LogP contribution in [0.4, 0.5) is 5.69 Å². The smallest absolute Gasteiger partial charge is 0.276 e. The Balaban J connectivity index is 2.15. The van der Waals surface area contributed by atoms with Crippen molar-refractivity contribution < 1.29 is 23.9 Å². The molecule has 0 aliphatic heterocycles. The molecule has 0 saturated heterocycles. The number of hydrazone groups is 1. The van der Waals surface area contributed by atoms with Crippen molar-refractivity contribution in [3.8, 4) is 17.2 Å². The highest BCUT2D eigenvalue weighted by atomic mass is 16.6. The van der Waals surface area contributed by atoms with Crippen LogP contribution in [0, 0.1) is 10.1 Å². The molecule has 9 heteroatoms. The Morgan fingerprint density at radius 1 is 1.06 bits per heavy atom. The van der Waals surface area contributed by atoms with E-state index in [1.54, 1.807) is 30.3 Å². The standard InChI is InChI=1S/C22H25N3O6/c1-4-29-19-14-17(15-20(30-5-2)21(19)31-6-3)22(26)24-23-13-9-11-16-10-7-8-12-18(16)25(27)28/h7-15H,4-6H2,1-3H3,(H,24,26). The van der Waals surface area contributed by atoms with E-state index in [0.717, 1.165) is 0 Å². The number of hydrogen-bond donors (Lipinski definition) is 1. The molecule has 0 unspecified atom stereocenters. The monoisotopic (exact) mass is 427 g/mol. The van der Waals surface area contributed by atoms with Gasteiger partial charge in [0, 0.05) is 17.8 Å². The summed E-state index contributed by atoms with van der Waals surface area (Å²) in [4.78, 5) is 23.1. The highest BCUT2D eigenvalue weighted by Crippen LogP contribution is 2.39. The molecule has 0 radical (unpaired) electrons. The fourth-order valence-electron chi connectivity index (χ4n) is 2.66. The highest BCUT2D eigenvalue weighted by Gasteiger charge is 2.18. The maximum Gasteiger partial charge on any atom is 0.276 e. The third-order valence-electron chi connectivity index (χ3n) is 3.91. The van der Waals surface area contributed by atoms with Crippen LogP contribution in [-0.4, -0.2) is 36.9 Å². The van der Waals surface area contributed by atoms with Gasteiger partial charge < -0.3 is 14.2 Å². The fourth-order valence-corrected chi connectivity index (χ4v) is 2.66. The minimum atomic E-state index is -0.472. The van der Waals surface area contributed by atoms with Crippen molar-refractivity contribution in [3.63, 3.8) is 0 Å². The van der Waals surface area contributed by atoms with Crippen LogP contribution in [0.1, 0.15) is 36.7 Å². The molecular formula is C22H25N3O6. The lowest BCUT2D eigenvalue weighted by Crippen LogP contribution is -2.18. The number of allylic oxidation sites excluding steroid dienone is 1. The van der Waals surface area contributed by atoms with Crippen LogP contribution in [0.15, 0.2) is 47.6 Å². The molecule has 0 fully saturated rings. The Kier molecular flexibility index (Phi) is 9.03. The number of nitro groups is 1. The van der Waals surface area contributed by atoms with Gasteiger partial charge in [-0.15, -0.1) is 0 Å². The summed E-state index contributed by atoms with van der Waals surface area (Å²) in [6.07, 6.45) is 4.36.